The van der Waals surface area contributed by atoms with Crippen LogP contribution in [-0.2, 0) is 0 Å². The highest BCUT2D eigenvalue weighted by molar-refractivity contribution is 6.10. The number of rotatable bonds is 5. The molecule has 230 valence electrons. The van der Waals surface area contributed by atoms with Crippen molar-refractivity contribution in [3.63, 3.8) is 0 Å². The minimum atomic E-state index is -0.700. The molecule has 0 saturated heterocycles. The monoisotopic (exact) mass is 636 g/mol. The van der Waals surface area contributed by atoms with E-state index in [2.05, 4.69) is 12.1 Å². The fourth-order valence-electron chi connectivity index (χ4n) is 6.16. The zero-order valence-electron chi connectivity index (χ0n) is 25.6. The molecule has 6 aromatic carbocycles. The molecule has 0 amide bonds. The standard InChI is InChI=1S/C41H22F2N6/c42-31-19-30(20-32(43)22-31)29-13-16-36(49-37-17-25(23-44)11-14-33(37)34-15-12-26(24-45)18-38(34)49)35(21-29)41-47-39(27-7-3-1-4-8-27)46-40(48-41)28-9-5-2-6-10-28/h1-22H. The summed E-state index contributed by atoms with van der Waals surface area (Å²) < 4.78 is 30.9. The molecule has 0 bridgehead atoms. The molecule has 0 aliphatic rings. The smallest absolute Gasteiger partial charge is 0.166 e. The number of nitrogens with zero attached hydrogens (tertiary/aromatic N) is 6. The lowest BCUT2D eigenvalue weighted by molar-refractivity contribution is 0.584. The second-order valence-corrected chi connectivity index (χ2v) is 11.5. The molecule has 8 heteroatoms. The Balaban J connectivity index is 1.49. The summed E-state index contributed by atoms with van der Waals surface area (Å²) in [7, 11) is 0. The molecule has 0 saturated carbocycles. The Morgan fingerprint density at radius 2 is 0.980 bits per heavy atom. The maximum Gasteiger partial charge on any atom is 0.166 e. The fourth-order valence-corrected chi connectivity index (χ4v) is 6.16. The van der Waals surface area contributed by atoms with Crippen LogP contribution in [0, 0.1) is 34.3 Å². The molecule has 0 atom stereocenters. The third-order valence-electron chi connectivity index (χ3n) is 8.40. The van der Waals surface area contributed by atoms with Crippen molar-refractivity contribution in [1.29, 1.82) is 10.5 Å². The summed E-state index contributed by atoms with van der Waals surface area (Å²) in [6.45, 7) is 0. The van der Waals surface area contributed by atoms with E-state index in [0.29, 0.717) is 51.0 Å². The van der Waals surface area contributed by atoms with Gasteiger partial charge in [0.1, 0.15) is 11.6 Å². The van der Waals surface area contributed by atoms with Crippen molar-refractivity contribution in [2.24, 2.45) is 0 Å². The molecule has 6 nitrogen and oxygen atoms in total. The summed E-state index contributed by atoms with van der Waals surface area (Å²) in [6, 6.07) is 43.3. The molecule has 0 radical (unpaired) electrons. The Kier molecular flexibility index (Phi) is 7.17. The first-order valence-corrected chi connectivity index (χ1v) is 15.4. The van der Waals surface area contributed by atoms with Gasteiger partial charge in [0.25, 0.3) is 0 Å². The number of nitriles is 2. The molecule has 2 heterocycles. The highest BCUT2D eigenvalue weighted by atomic mass is 19.1. The Labute approximate surface area is 279 Å². The maximum absolute atomic E-state index is 14.5. The summed E-state index contributed by atoms with van der Waals surface area (Å²) in [5.74, 6) is -0.191. The number of benzene rings is 6. The maximum atomic E-state index is 14.5. The summed E-state index contributed by atoms with van der Waals surface area (Å²) in [5.41, 5.74) is 6.00. The zero-order chi connectivity index (χ0) is 33.5. The average molecular weight is 637 g/mol. The summed E-state index contributed by atoms with van der Waals surface area (Å²) in [4.78, 5) is 14.8. The van der Waals surface area contributed by atoms with Gasteiger partial charge in [-0.25, -0.2) is 23.7 Å². The van der Waals surface area contributed by atoms with Gasteiger partial charge in [-0.2, -0.15) is 10.5 Å². The van der Waals surface area contributed by atoms with Gasteiger partial charge in [-0.3, -0.25) is 0 Å². The van der Waals surface area contributed by atoms with Gasteiger partial charge in [0, 0.05) is 33.5 Å². The van der Waals surface area contributed by atoms with Gasteiger partial charge in [-0.05, 0) is 59.7 Å². The number of fused-ring (bicyclic) bond motifs is 3. The number of hydrogen-bond donors (Lipinski definition) is 0. The van der Waals surface area contributed by atoms with Gasteiger partial charge >= 0.3 is 0 Å². The van der Waals surface area contributed by atoms with Crippen molar-refractivity contribution in [1.82, 2.24) is 19.5 Å². The van der Waals surface area contributed by atoms with Gasteiger partial charge in [-0.15, -0.1) is 0 Å². The molecule has 0 spiro atoms. The number of hydrogen-bond acceptors (Lipinski definition) is 5. The normalized spacial score (nSPS) is 11.0. The average Bonchev–Trinajstić information content (AvgIpc) is 3.47. The van der Waals surface area contributed by atoms with Gasteiger partial charge in [0.15, 0.2) is 17.5 Å². The van der Waals surface area contributed by atoms with Crippen molar-refractivity contribution in [2.75, 3.05) is 0 Å². The van der Waals surface area contributed by atoms with Crippen molar-refractivity contribution in [3.8, 4) is 63.1 Å². The van der Waals surface area contributed by atoms with Gasteiger partial charge < -0.3 is 4.57 Å². The minimum Gasteiger partial charge on any atom is -0.308 e. The van der Waals surface area contributed by atoms with E-state index in [1.807, 2.05) is 89.5 Å². The van der Waals surface area contributed by atoms with Crippen molar-refractivity contribution < 1.29 is 8.78 Å². The second kappa shape index (κ2) is 12.0. The fraction of sp³-hybridized carbons (Fsp3) is 0. The van der Waals surface area contributed by atoms with Crippen LogP contribution in [0.15, 0.2) is 133 Å². The molecule has 2 aromatic heterocycles. The molecule has 0 aliphatic carbocycles. The van der Waals surface area contributed by atoms with Crippen LogP contribution < -0.4 is 0 Å². The topological polar surface area (TPSA) is 91.2 Å². The molecule has 49 heavy (non-hydrogen) atoms. The molecular formula is C41H22F2N6. The van der Waals surface area contributed by atoms with Crippen LogP contribution >= 0.6 is 0 Å². The molecule has 0 aliphatic heterocycles. The summed E-state index contributed by atoms with van der Waals surface area (Å²) in [5, 5.41) is 21.4. The Morgan fingerprint density at radius 3 is 1.49 bits per heavy atom. The number of halogens is 2. The van der Waals surface area contributed by atoms with Crippen molar-refractivity contribution in [2.45, 2.75) is 0 Å². The Morgan fingerprint density at radius 1 is 0.469 bits per heavy atom. The van der Waals surface area contributed by atoms with Crippen molar-refractivity contribution in [3.05, 3.63) is 156 Å². The van der Waals surface area contributed by atoms with E-state index in [0.717, 1.165) is 39.0 Å². The predicted molar refractivity (Wildman–Crippen MR) is 185 cm³/mol. The molecular weight excluding hydrogens is 614 g/mol. The van der Waals surface area contributed by atoms with E-state index in [-0.39, 0.29) is 0 Å². The second-order valence-electron chi connectivity index (χ2n) is 11.5. The van der Waals surface area contributed by atoms with E-state index in [1.54, 1.807) is 30.3 Å². The summed E-state index contributed by atoms with van der Waals surface area (Å²) >= 11 is 0. The van der Waals surface area contributed by atoms with Crippen LogP contribution in [0.5, 0.6) is 0 Å². The summed E-state index contributed by atoms with van der Waals surface area (Å²) in [6.07, 6.45) is 0. The largest absolute Gasteiger partial charge is 0.308 e. The lowest BCUT2D eigenvalue weighted by Crippen LogP contribution is -2.04. The first-order chi connectivity index (χ1) is 24.0. The van der Waals surface area contributed by atoms with Gasteiger partial charge in [-0.1, -0.05) is 78.9 Å². The minimum absolute atomic E-state index is 0.323. The van der Waals surface area contributed by atoms with Crippen LogP contribution in [0.1, 0.15) is 11.1 Å². The third kappa shape index (κ3) is 5.34. The van der Waals surface area contributed by atoms with E-state index < -0.39 is 11.6 Å². The SMILES string of the molecule is N#Cc1ccc2c3ccc(C#N)cc3n(-c3ccc(-c4cc(F)cc(F)c4)cc3-c3nc(-c4ccccc4)nc(-c4ccccc4)n3)c2c1. The van der Waals surface area contributed by atoms with Crippen LogP contribution in [-0.4, -0.2) is 19.5 Å². The van der Waals surface area contributed by atoms with Gasteiger partial charge in [0.05, 0.1) is 40.0 Å². The third-order valence-corrected chi connectivity index (χ3v) is 8.40. The molecule has 0 N–H and O–H groups in total. The Hall–Kier alpha value is -7.03. The quantitative estimate of drug-likeness (QED) is 0.188. The van der Waals surface area contributed by atoms with Crippen LogP contribution in [0.4, 0.5) is 8.78 Å². The van der Waals surface area contributed by atoms with E-state index in [4.69, 9.17) is 15.0 Å². The first kappa shape index (κ1) is 29.4. The Bertz CT molecular complexity index is 2500. The molecule has 0 unspecified atom stereocenters. The van der Waals surface area contributed by atoms with E-state index in [1.165, 1.54) is 12.1 Å². The number of aromatic nitrogens is 4. The predicted octanol–water partition coefficient (Wildman–Crippen LogP) is 9.66. The van der Waals surface area contributed by atoms with E-state index >= 15 is 0 Å². The van der Waals surface area contributed by atoms with Crippen LogP contribution in [0.25, 0.3) is 72.8 Å². The molecule has 8 aromatic rings. The van der Waals surface area contributed by atoms with Crippen molar-refractivity contribution >= 4 is 21.8 Å². The first-order valence-electron chi connectivity index (χ1n) is 15.4. The zero-order valence-corrected chi connectivity index (χ0v) is 25.6. The molecule has 0 fully saturated rings. The highest BCUT2D eigenvalue weighted by Gasteiger charge is 2.21. The van der Waals surface area contributed by atoms with Gasteiger partial charge in [0.2, 0.25) is 0 Å². The lowest BCUT2D eigenvalue weighted by atomic mass is 10.0. The van der Waals surface area contributed by atoms with Crippen LogP contribution in [0.2, 0.25) is 0 Å². The van der Waals surface area contributed by atoms with E-state index in [9.17, 15) is 19.3 Å². The highest BCUT2D eigenvalue weighted by Crippen LogP contribution is 2.39. The van der Waals surface area contributed by atoms with Crippen LogP contribution in [0.3, 0.4) is 0 Å². The molecule has 8 rings (SSSR count). The lowest BCUT2D eigenvalue weighted by Gasteiger charge is -2.16.